The minimum absolute atomic E-state index is 1.21. The fraction of sp³-hybridized carbons (Fsp3) is 0.0667. The Morgan fingerprint density at radius 2 is 1.69 bits per heavy atom. The molecule has 1 nitrogen and oxygen atoms in total. The summed E-state index contributed by atoms with van der Waals surface area (Å²) in [5.74, 6) is 0. The van der Waals surface area contributed by atoms with Crippen LogP contribution in [0.5, 0.6) is 0 Å². The van der Waals surface area contributed by atoms with E-state index in [9.17, 15) is 0 Å². The summed E-state index contributed by atoms with van der Waals surface area (Å²) in [6, 6.07) is 17.1. The normalized spacial score (nSPS) is 10.8. The third kappa shape index (κ3) is 1.41. The van der Waals surface area contributed by atoms with Crippen molar-refractivity contribution in [3.8, 4) is 22.4 Å². The van der Waals surface area contributed by atoms with Gasteiger partial charge in [0.2, 0.25) is 0 Å². The van der Waals surface area contributed by atoms with E-state index in [1.54, 1.807) is 0 Å². The van der Waals surface area contributed by atoms with Gasteiger partial charge in [0.1, 0.15) is 0 Å². The molecule has 1 N–H and O–H groups in total. The van der Waals surface area contributed by atoms with Gasteiger partial charge in [-0.25, -0.2) is 0 Å². The zero-order chi connectivity index (χ0) is 11.0. The second kappa shape index (κ2) is 3.53. The summed E-state index contributed by atoms with van der Waals surface area (Å²) in [7, 11) is 0. The Bertz CT molecular complexity index is 578. The van der Waals surface area contributed by atoms with E-state index in [-0.39, 0.29) is 0 Å². The number of rotatable bonds is 1. The first kappa shape index (κ1) is 9.22. The maximum Gasteiger partial charge on any atom is 0.0462 e. The van der Waals surface area contributed by atoms with Gasteiger partial charge < -0.3 is 4.98 Å². The topological polar surface area (TPSA) is 15.8 Å². The fourth-order valence-electron chi connectivity index (χ4n) is 2.17. The van der Waals surface area contributed by atoms with Crippen LogP contribution < -0.4 is 0 Å². The lowest BCUT2D eigenvalue weighted by Gasteiger charge is -2.07. The molecule has 0 saturated carbocycles. The van der Waals surface area contributed by atoms with Gasteiger partial charge in [-0.05, 0) is 41.8 Å². The fourth-order valence-corrected chi connectivity index (χ4v) is 2.17. The maximum atomic E-state index is 3.28. The molecule has 0 saturated heterocycles. The molecule has 1 heterocycles. The van der Waals surface area contributed by atoms with Crippen LogP contribution in [0.3, 0.4) is 0 Å². The van der Waals surface area contributed by atoms with Gasteiger partial charge in [0.25, 0.3) is 0 Å². The molecule has 1 heteroatoms. The van der Waals surface area contributed by atoms with Crippen molar-refractivity contribution < 1.29 is 0 Å². The number of aromatic nitrogens is 1. The molecule has 0 unspecified atom stereocenters. The van der Waals surface area contributed by atoms with Crippen LogP contribution in [0, 0.1) is 6.92 Å². The number of hydrogen-bond donors (Lipinski definition) is 1. The Hall–Kier alpha value is -2.02. The number of hydrogen-bond acceptors (Lipinski definition) is 0. The Labute approximate surface area is 95.1 Å². The molecule has 2 aliphatic rings. The zero-order valence-corrected chi connectivity index (χ0v) is 9.20. The van der Waals surface area contributed by atoms with Crippen molar-refractivity contribution in [2.24, 2.45) is 0 Å². The number of fused-ring (bicyclic) bond motifs is 1. The molecule has 0 bridgehead atoms. The van der Waals surface area contributed by atoms with E-state index in [1.165, 1.54) is 27.9 Å². The van der Waals surface area contributed by atoms with E-state index in [2.05, 4.69) is 54.4 Å². The summed E-state index contributed by atoms with van der Waals surface area (Å²) in [5.41, 5.74) is 6.37. The van der Waals surface area contributed by atoms with Crippen LogP contribution in [0.2, 0.25) is 0 Å². The van der Waals surface area contributed by atoms with Crippen molar-refractivity contribution in [2.45, 2.75) is 6.92 Å². The predicted octanol–water partition coefficient (Wildman–Crippen LogP) is 4.09. The van der Waals surface area contributed by atoms with E-state index >= 15 is 0 Å². The van der Waals surface area contributed by atoms with Gasteiger partial charge in [0, 0.05) is 17.5 Å². The van der Waals surface area contributed by atoms with E-state index in [4.69, 9.17) is 0 Å². The molecule has 1 aliphatic carbocycles. The molecule has 0 atom stereocenters. The molecule has 0 radical (unpaired) electrons. The number of benzene rings is 1. The summed E-state index contributed by atoms with van der Waals surface area (Å²) < 4.78 is 0. The van der Waals surface area contributed by atoms with Crippen molar-refractivity contribution in [2.75, 3.05) is 0 Å². The lowest BCUT2D eigenvalue weighted by molar-refractivity contribution is 1.34. The summed E-state index contributed by atoms with van der Waals surface area (Å²) in [4.78, 5) is 3.28. The summed E-state index contributed by atoms with van der Waals surface area (Å²) in [5, 5.41) is 0. The van der Waals surface area contributed by atoms with Crippen LogP contribution in [0.1, 0.15) is 5.56 Å². The van der Waals surface area contributed by atoms with Gasteiger partial charge >= 0.3 is 0 Å². The third-order valence-electron chi connectivity index (χ3n) is 2.90. The quantitative estimate of drug-likeness (QED) is 0.618. The van der Waals surface area contributed by atoms with Gasteiger partial charge in [-0.15, -0.1) is 0 Å². The lowest BCUT2D eigenvalue weighted by Crippen LogP contribution is -1.85. The highest BCUT2D eigenvalue weighted by Crippen LogP contribution is 2.33. The van der Waals surface area contributed by atoms with Gasteiger partial charge in [0.05, 0.1) is 0 Å². The van der Waals surface area contributed by atoms with Crippen LogP contribution >= 0.6 is 0 Å². The first-order chi connectivity index (χ1) is 7.84. The van der Waals surface area contributed by atoms with Gasteiger partial charge in [-0.2, -0.15) is 0 Å². The minimum Gasteiger partial charge on any atom is -0.361 e. The molecule has 0 amide bonds. The highest BCUT2D eigenvalue weighted by molar-refractivity contribution is 5.83. The Balaban J connectivity index is 2.26. The van der Waals surface area contributed by atoms with Crippen LogP contribution in [-0.4, -0.2) is 4.98 Å². The zero-order valence-electron chi connectivity index (χ0n) is 9.20. The molecule has 0 aromatic heterocycles. The van der Waals surface area contributed by atoms with Gasteiger partial charge in [-0.3, -0.25) is 0 Å². The predicted molar refractivity (Wildman–Crippen MR) is 67.6 cm³/mol. The number of H-pyrrole nitrogens is 1. The van der Waals surface area contributed by atoms with Crippen molar-refractivity contribution >= 4 is 0 Å². The second-order valence-electron chi connectivity index (χ2n) is 4.12. The van der Waals surface area contributed by atoms with Crippen molar-refractivity contribution in [1.29, 1.82) is 0 Å². The highest BCUT2D eigenvalue weighted by Gasteiger charge is 2.10. The van der Waals surface area contributed by atoms with Gasteiger partial charge in [-0.1, -0.05) is 30.3 Å². The van der Waals surface area contributed by atoms with E-state index in [0.717, 1.165) is 0 Å². The van der Waals surface area contributed by atoms with E-state index in [1.807, 2.05) is 12.3 Å². The van der Waals surface area contributed by atoms with Crippen LogP contribution in [0.4, 0.5) is 0 Å². The average molecular weight is 207 g/mol. The van der Waals surface area contributed by atoms with Crippen molar-refractivity contribution in [3.05, 3.63) is 60.3 Å². The molecule has 1 aromatic rings. The van der Waals surface area contributed by atoms with Crippen LogP contribution in [0.15, 0.2) is 54.7 Å². The number of nitrogens with one attached hydrogen (secondary N) is 1. The molecule has 3 rings (SSSR count). The van der Waals surface area contributed by atoms with E-state index < -0.39 is 0 Å². The van der Waals surface area contributed by atoms with Crippen LogP contribution in [-0.2, 0) is 0 Å². The highest BCUT2D eigenvalue weighted by atomic mass is 14.7. The first-order valence-corrected chi connectivity index (χ1v) is 5.48. The maximum absolute atomic E-state index is 3.28. The molecule has 0 fully saturated rings. The second-order valence-corrected chi connectivity index (χ2v) is 4.12. The lowest BCUT2D eigenvalue weighted by atomic mass is 10.0. The standard InChI is InChI=1S/C15H13N/c1-11-9-14-13(7-8-16-15(14)10-11)12-5-3-2-4-6-12/h2-10,16H,1H3. The number of pyridine rings is 1. The first-order valence-electron chi connectivity index (χ1n) is 5.48. The van der Waals surface area contributed by atoms with Crippen LogP contribution in [0.25, 0.3) is 22.4 Å². The summed E-state index contributed by atoms with van der Waals surface area (Å²) in [6.07, 6.45) is 2.00. The molecular weight excluding hydrogens is 194 g/mol. The van der Waals surface area contributed by atoms with Gasteiger partial charge in [0.15, 0.2) is 0 Å². The SMILES string of the molecule is Cc1cc2[nH]ccc(-c3ccccc3)c-2c1. The Morgan fingerprint density at radius 1 is 0.875 bits per heavy atom. The molecule has 1 aliphatic heterocycles. The molecule has 0 spiro atoms. The smallest absolute Gasteiger partial charge is 0.0462 e. The number of aromatic amines is 1. The Morgan fingerprint density at radius 3 is 2.50 bits per heavy atom. The monoisotopic (exact) mass is 207 g/mol. The summed E-state index contributed by atoms with van der Waals surface area (Å²) >= 11 is 0. The van der Waals surface area contributed by atoms with Crippen molar-refractivity contribution in [3.63, 3.8) is 0 Å². The molecular formula is C15H13N. The largest absolute Gasteiger partial charge is 0.361 e. The molecule has 1 aromatic carbocycles. The average Bonchev–Trinajstić information content (AvgIpc) is 2.70. The number of aryl methyl sites for hydroxylation is 1. The molecule has 78 valence electrons. The minimum atomic E-state index is 1.21. The third-order valence-corrected chi connectivity index (χ3v) is 2.90. The van der Waals surface area contributed by atoms with Crippen molar-refractivity contribution in [1.82, 2.24) is 4.98 Å². The van der Waals surface area contributed by atoms with E-state index in [0.29, 0.717) is 0 Å². The molecule has 16 heavy (non-hydrogen) atoms. The Kier molecular flexibility index (Phi) is 2.03. The summed E-state index contributed by atoms with van der Waals surface area (Å²) in [6.45, 7) is 2.13.